The summed E-state index contributed by atoms with van der Waals surface area (Å²) in [5.74, 6) is -2.48. The predicted molar refractivity (Wildman–Crippen MR) is 70.8 cm³/mol. The Balaban J connectivity index is 4.81. The first-order valence-corrected chi connectivity index (χ1v) is 7.18. The number of carbonyl (C=O) groups excluding carboxylic acids is 2. The van der Waals surface area contributed by atoms with Crippen LogP contribution in [0.1, 0.15) is 34.6 Å². The van der Waals surface area contributed by atoms with E-state index in [-0.39, 0.29) is 5.92 Å². The van der Waals surface area contributed by atoms with Gasteiger partial charge in [-0.25, -0.2) is 4.79 Å². The van der Waals surface area contributed by atoms with E-state index in [0.29, 0.717) is 0 Å². The Bertz CT molecular complexity index is 365. The first-order chi connectivity index (χ1) is 8.45. The van der Waals surface area contributed by atoms with Crippen molar-refractivity contribution in [3.8, 4) is 0 Å². The van der Waals surface area contributed by atoms with Crippen molar-refractivity contribution < 1.29 is 23.8 Å². The number of nitrogens with one attached hydrogen (secondary N) is 1. The Kier molecular flexibility index (Phi) is 6.55. The third kappa shape index (κ3) is 6.61. The van der Waals surface area contributed by atoms with Gasteiger partial charge in [0.05, 0.1) is 6.04 Å². The van der Waals surface area contributed by atoms with Crippen molar-refractivity contribution in [2.24, 2.45) is 11.7 Å². The quantitative estimate of drug-likeness (QED) is 0.654. The molecule has 4 N–H and O–H groups in total. The molecule has 1 amide bonds. The smallest absolute Gasteiger partial charge is 0.444 e. The van der Waals surface area contributed by atoms with Crippen LogP contribution < -0.4 is 11.1 Å². The summed E-state index contributed by atoms with van der Waals surface area (Å²) < 4.78 is 15.9. The van der Waals surface area contributed by atoms with Crippen LogP contribution in [0.5, 0.6) is 0 Å². The highest BCUT2D eigenvalue weighted by Gasteiger charge is 2.39. The lowest BCUT2D eigenvalue weighted by molar-refractivity contribution is -0.121. The second-order valence-corrected chi connectivity index (χ2v) is 6.68. The lowest BCUT2D eigenvalue weighted by Gasteiger charge is -2.24. The Morgan fingerprint density at radius 2 is 1.79 bits per heavy atom. The van der Waals surface area contributed by atoms with Crippen LogP contribution in [0.15, 0.2) is 0 Å². The highest BCUT2D eigenvalue weighted by molar-refractivity contribution is 7.40. The Morgan fingerprint density at radius 1 is 1.32 bits per heavy atom. The van der Waals surface area contributed by atoms with Gasteiger partial charge >= 0.3 is 14.1 Å². The maximum absolute atomic E-state index is 11.9. The summed E-state index contributed by atoms with van der Waals surface area (Å²) in [7, 11) is -2.82. The van der Waals surface area contributed by atoms with Crippen LogP contribution in [-0.4, -0.2) is 34.2 Å². The molecule has 0 bridgehead atoms. The lowest BCUT2D eigenvalue weighted by Crippen LogP contribution is -2.51. The number of ether oxygens (including phenoxy) is 1. The molecule has 0 aromatic heterocycles. The van der Waals surface area contributed by atoms with E-state index >= 15 is 0 Å². The number of alkyl carbamates (subject to hydrolysis) is 1. The average Bonchev–Trinajstić information content (AvgIpc) is 2.20. The van der Waals surface area contributed by atoms with Crippen molar-refractivity contribution in [2.45, 2.75) is 52.0 Å². The van der Waals surface area contributed by atoms with Crippen molar-refractivity contribution in [1.29, 1.82) is 0 Å². The number of amides is 1. The molecule has 8 heteroatoms. The molecule has 2 unspecified atom stereocenters. The Labute approximate surface area is 113 Å². The largest absolute Gasteiger partial charge is 0.532 e. The summed E-state index contributed by atoms with van der Waals surface area (Å²) in [5, 5.41) is 2.38. The maximum atomic E-state index is 11.9. The minimum atomic E-state index is -2.82. The van der Waals surface area contributed by atoms with Gasteiger partial charge in [0.1, 0.15) is 5.60 Å². The molecule has 0 spiro atoms. The van der Waals surface area contributed by atoms with Gasteiger partial charge in [0.15, 0.2) is 0 Å². The monoisotopic (exact) mass is 293 g/mol. The minimum absolute atomic E-state index is 0.277. The number of ketones is 1. The van der Waals surface area contributed by atoms with Crippen molar-refractivity contribution in [3.05, 3.63) is 0 Å². The molecule has 19 heavy (non-hydrogen) atoms. The molecular formula is C11H22N2O5P+. The van der Waals surface area contributed by atoms with E-state index in [4.69, 9.17) is 15.4 Å². The van der Waals surface area contributed by atoms with Crippen molar-refractivity contribution >= 4 is 19.9 Å². The van der Waals surface area contributed by atoms with Gasteiger partial charge in [-0.1, -0.05) is 13.8 Å². The average molecular weight is 293 g/mol. The third-order valence-corrected chi connectivity index (χ3v) is 2.91. The lowest BCUT2D eigenvalue weighted by atomic mass is 10.00. The molecular weight excluding hydrogens is 271 g/mol. The Morgan fingerprint density at radius 3 is 2.11 bits per heavy atom. The van der Waals surface area contributed by atoms with E-state index in [1.807, 2.05) is 0 Å². The van der Waals surface area contributed by atoms with Crippen molar-refractivity contribution in [3.63, 3.8) is 0 Å². The third-order valence-electron chi connectivity index (χ3n) is 2.17. The summed E-state index contributed by atoms with van der Waals surface area (Å²) in [5.41, 5.74) is 4.63. The van der Waals surface area contributed by atoms with Gasteiger partial charge in [-0.05, 0) is 31.3 Å². The zero-order valence-corrected chi connectivity index (χ0v) is 12.7. The number of rotatable bonds is 5. The highest BCUT2D eigenvalue weighted by atomic mass is 31.1. The SMILES string of the molecule is CC(C)[C@H](NC(=O)OC(C)(C)C)C(=O)C(N)[P+](=O)O. The topological polar surface area (TPSA) is 119 Å². The van der Waals surface area contributed by atoms with E-state index < -0.39 is 37.3 Å². The van der Waals surface area contributed by atoms with Crippen LogP contribution in [0.2, 0.25) is 0 Å². The molecule has 110 valence electrons. The van der Waals surface area contributed by atoms with E-state index in [9.17, 15) is 14.2 Å². The molecule has 0 fully saturated rings. The van der Waals surface area contributed by atoms with Crippen LogP contribution in [0.3, 0.4) is 0 Å². The van der Waals surface area contributed by atoms with E-state index in [0.717, 1.165) is 0 Å². The first-order valence-electron chi connectivity index (χ1n) is 5.89. The van der Waals surface area contributed by atoms with Crippen LogP contribution in [0, 0.1) is 5.92 Å². The molecule has 0 saturated carbocycles. The molecule has 0 aromatic rings. The predicted octanol–water partition coefficient (Wildman–Crippen LogP) is 1.12. The second kappa shape index (κ2) is 6.93. The molecule has 0 heterocycles. The van der Waals surface area contributed by atoms with Crippen LogP contribution in [0.25, 0.3) is 0 Å². The van der Waals surface area contributed by atoms with Crippen molar-refractivity contribution in [2.75, 3.05) is 0 Å². The van der Waals surface area contributed by atoms with Gasteiger partial charge in [-0.2, -0.15) is 4.89 Å². The molecule has 7 nitrogen and oxygen atoms in total. The zero-order valence-electron chi connectivity index (χ0n) is 11.8. The van der Waals surface area contributed by atoms with E-state index in [2.05, 4.69) is 5.32 Å². The fourth-order valence-corrected chi connectivity index (χ4v) is 1.67. The highest BCUT2D eigenvalue weighted by Crippen LogP contribution is 2.21. The maximum Gasteiger partial charge on any atom is 0.532 e. The van der Waals surface area contributed by atoms with Gasteiger partial charge < -0.3 is 10.1 Å². The fraction of sp³-hybridized carbons (Fsp3) is 0.818. The molecule has 3 atom stereocenters. The number of Topliss-reactive ketones (excluding diaryl/α,β-unsaturated/α-hetero) is 1. The van der Waals surface area contributed by atoms with Gasteiger partial charge in [0.25, 0.3) is 5.78 Å². The molecule has 0 saturated heterocycles. The van der Waals surface area contributed by atoms with Crippen LogP contribution in [0.4, 0.5) is 4.79 Å². The minimum Gasteiger partial charge on any atom is -0.444 e. The fourth-order valence-electron chi connectivity index (χ4n) is 1.29. The van der Waals surface area contributed by atoms with Gasteiger partial charge in [-0.3, -0.25) is 10.5 Å². The number of carbonyl (C=O) groups is 2. The summed E-state index contributed by atoms with van der Waals surface area (Å²) in [4.78, 5) is 32.4. The Hall–Kier alpha value is -1.04. The van der Waals surface area contributed by atoms with Gasteiger partial charge in [-0.15, -0.1) is 0 Å². The standard InChI is InChI=1S/C11H21N2O5P/c1-6(2)7(8(14)9(12)19(16)17)13-10(15)18-11(3,4)5/h6-7,9H,12H2,1-5H3,(H-,13,15,16,17)/p+1/t7-,9?/m0/s1. The number of hydrogen-bond acceptors (Lipinski definition) is 5. The second-order valence-electron chi connectivity index (χ2n) is 5.52. The summed E-state index contributed by atoms with van der Waals surface area (Å²) in [6.45, 7) is 8.45. The van der Waals surface area contributed by atoms with E-state index in [1.165, 1.54) is 0 Å². The normalized spacial score (nSPS) is 15.7. The first kappa shape index (κ1) is 18.0. The number of hydrogen-bond donors (Lipinski definition) is 3. The van der Waals surface area contributed by atoms with Gasteiger partial charge in [0, 0.05) is 0 Å². The number of nitrogens with two attached hydrogens (primary N) is 1. The summed E-state index contributed by atoms with van der Waals surface area (Å²) in [6.07, 6.45) is -0.764. The summed E-state index contributed by atoms with van der Waals surface area (Å²) >= 11 is 0. The van der Waals surface area contributed by atoms with E-state index in [1.54, 1.807) is 34.6 Å². The molecule has 0 aliphatic heterocycles. The molecule has 0 aliphatic carbocycles. The van der Waals surface area contributed by atoms with Crippen LogP contribution >= 0.6 is 8.03 Å². The molecule has 0 radical (unpaired) electrons. The summed E-state index contributed by atoms with van der Waals surface area (Å²) in [6, 6.07) is -0.962. The van der Waals surface area contributed by atoms with Crippen LogP contribution in [-0.2, 0) is 14.1 Å². The zero-order chi connectivity index (χ0) is 15.4. The molecule has 0 aromatic carbocycles. The van der Waals surface area contributed by atoms with Gasteiger partial charge in [0.2, 0.25) is 5.78 Å². The molecule has 0 rings (SSSR count). The van der Waals surface area contributed by atoms with Crippen molar-refractivity contribution in [1.82, 2.24) is 5.32 Å². The molecule has 0 aliphatic rings.